The monoisotopic (exact) mass is 305 g/mol. The van der Waals surface area contributed by atoms with Gasteiger partial charge in [-0.2, -0.15) is 0 Å². The third-order valence-corrected chi connectivity index (χ3v) is 4.59. The normalized spacial score (nSPS) is 18.2. The molecule has 1 atom stereocenters. The maximum absolute atomic E-state index is 6.02. The largest absolute Gasteiger partial charge is 0.361 e. The fraction of sp³-hybridized carbons (Fsp3) is 0.529. The summed E-state index contributed by atoms with van der Waals surface area (Å²) in [5.74, 6) is 0. The summed E-state index contributed by atoms with van der Waals surface area (Å²) in [6.07, 6.45) is 6.20. The molecular weight excluding hydrogens is 282 g/mol. The lowest BCUT2D eigenvalue weighted by molar-refractivity contribution is 0.209. The zero-order chi connectivity index (χ0) is 14.7. The van der Waals surface area contributed by atoms with Gasteiger partial charge < -0.3 is 15.2 Å². The van der Waals surface area contributed by atoms with Crippen LogP contribution in [0.2, 0.25) is 5.02 Å². The molecule has 114 valence electrons. The number of benzene rings is 1. The molecule has 2 heterocycles. The van der Waals surface area contributed by atoms with E-state index in [-0.39, 0.29) is 0 Å². The van der Waals surface area contributed by atoms with E-state index in [2.05, 4.69) is 34.4 Å². The van der Waals surface area contributed by atoms with Crippen molar-refractivity contribution in [3.05, 3.63) is 35.0 Å². The Hall–Kier alpha value is -1.03. The number of nitrogens with one attached hydrogen (secondary N) is 2. The Balaban J connectivity index is 1.55. The lowest BCUT2D eigenvalue weighted by Gasteiger charge is -2.29. The van der Waals surface area contributed by atoms with Crippen molar-refractivity contribution in [3.63, 3.8) is 0 Å². The summed E-state index contributed by atoms with van der Waals surface area (Å²) < 4.78 is 0. The fourth-order valence-electron chi connectivity index (χ4n) is 3.18. The molecule has 2 aromatic rings. The van der Waals surface area contributed by atoms with E-state index in [9.17, 15) is 0 Å². The molecule has 1 unspecified atom stereocenters. The average Bonchev–Trinajstić information content (AvgIpc) is 2.88. The van der Waals surface area contributed by atoms with Crippen molar-refractivity contribution in [1.82, 2.24) is 15.2 Å². The molecule has 0 saturated carbocycles. The van der Waals surface area contributed by atoms with E-state index in [1.807, 2.05) is 12.1 Å². The quantitative estimate of drug-likeness (QED) is 0.880. The highest BCUT2D eigenvalue weighted by molar-refractivity contribution is 6.31. The molecule has 3 rings (SSSR count). The van der Waals surface area contributed by atoms with Crippen LogP contribution in [-0.4, -0.2) is 35.6 Å². The van der Waals surface area contributed by atoms with E-state index in [4.69, 9.17) is 11.6 Å². The standard InChI is InChI=1S/C17H24ClN3/c1-13(12-21-7-3-2-4-8-21)19-10-14-11-20-17-9-15(18)5-6-16(14)17/h5-6,9,11,13,19-20H,2-4,7-8,10,12H2,1H3. The van der Waals surface area contributed by atoms with Crippen molar-refractivity contribution < 1.29 is 0 Å². The second-order valence-electron chi connectivity index (χ2n) is 6.15. The topological polar surface area (TPSA) is 31.1 Å². The molecular formula is C17H24ClN3. The van der Waals surface area contributed by atoms with Crippen molar-refractivity contribution in [3.8, 4) is 0 Å². The highest BCUT2D eigenvalue weighted by Gasteiger charge is 2.13. The zero-order valence-corrected chi connectivity index (χ0v) is 13.4. The summed E-state index contributed by atoms with van der Waals surface area (Å²) in [5.41, 5.74) is 2.43. The van der Waals surface area contributed by atoms with Crippen LogP contribution in [0, 0.1) is 0 Å². The Bertz CT molecular complexity index is 587. The minimum atomic E-state index is 0.514. The Morgan fingerprint density at radius 1 is 1.29 bits per heavy atom. The van der Waals surface area contributed by atoms with Gasteiger partial charge in [0, 0.05) is 41.3 Å². The summed E-state index contributed by atoms with van der Waals surface area (Å²) in [4.78, 5) is 5.88. The minimum Gasteiger partial charge on any atom is -0.361 e. The van der Waals surface area contributed by atoms with Gasteiger partial charge in [-0.1, -0.05) is 24.1 Å². The fourth-order valence-corrected chi connectivity index (χ4v) is 3.35. The van der Waals surface area contributed by atoms with Crippen LogP contribution in [0.15, 0.2) is 24.4 Å². The Labute approximate surface area is 131 Å². The van der Waals surface area contributed by atoms with Crippen molar-refractivity contribution in [2.45, 2.75) is 38.8 Å². The molecule has 1 aliphatic rings. The van der Waals surface area contributed by atoms with E-state index in [0.717, 1.165) is 23.6 Å². The van der Waals surface area contributed by atoms with E-state index in [0.29, 0.717) is 6.04 Å². The first-order valence-electron chi connectivity index (χ1n) is 7.93. The van der Waals surface area contributed by atoms with Gasteiger partial charge in [0.1, 0.15) is 0 Å². The maximum atomic E-state index is 6.02. The first-order chi connectivity index (χ1) is 10.2. The van der Waals surface area contributed by atoms with E-state index < -0.39 is 0 Å². The lowest BCUT2D eigenvalue weighted by Crippen LogP contribution is -2.41. The van der Waals surface area contributed by atoms with Gasteiger partial charge in [-0.15, -0.1) is 0 Å². The third kappa shape index (κ3) is 3.79. The first kappa shape index (κ1) is 14.9. The molecule has 0 radical (unpaired) electrons. The van der Waals surface area contributed by atoms with E-state index in [1.54, 1.807) is 0 Å². The number of aromatic nitrogens is 1. The molecule has 0 amide bonds. The molecule has 0 bridgehead atoms. The number of rotatable bonds is 5. The Morgan fingerprint density at radius 3 is 2.90 bits per heavy atom. The van der Waals surface area contributed by atoms with Gasteiger partial charge in [0.2, 0.25) is 0 Å². The highest BCUT2D eigenvalue weighted by atomic mass is 35.5. The van der Waals surface area contributed by atoms with Gasteiger partial charge >= 0.3 is 0 Å². The van der Waals surface area contributed by atoms with Crippen LogP contribution in [0.4, 0.5) is 0 Å². The Morgan fingerprint density at radius 2 is 2.10 bits per heavy atom. The number of hydrogen-bond donors (Lipinski definition) is 2. The molecule has 1 aliphatic heterocycles. The Kier molecular flexibility index (Phi) is 4.84. The smallest absolute Gasteiger partial charge is 0.0472 e. The maximum Gasteiger partial charge on any atom is 0.0472 e. The van der Waals surface area contributed by atoms with Crippen LogP contribution in [-0.2, 0) is 6.54 Å². The summed E-state index contributed by atoms with van der Waals surface area (Å²) >= 11 is 6.02. The van der Waals surface area contributed by atoms with Crippen LogP contribution >= 0.6 is 11.6 Å². The predicted octanol–water partition coefficient (Wildman–Crippen LogP) is 3.79. The molecule has 0 spiro atoms. The van der Waals surface area contributed by atoms with Gasteiger partial charge in [-0.05, 0) is 50.6 Å². The third-order valence-electron chi connectivity index (χ3n) is 4.35. The van der Waals surface area contributed by atoms with Gasteiger partial charge in [-0.25, -0.2) is 0 Å². The minimum absolute atomic E-state index is 0.514. The number of fused-ring (bicyclic) bond motifs is 1. The predicted molar refractivity (Wildman–Crippen MR) is 89.9 cm³/mol. The summed E-state index contributed by atoms with van der Waals surface area (Å²) in [6.45, 7) is 6.85. The van der Waals surface area contributed by atoms with Crippen LogP contribution in [0.3, 0.4) is 0 Å². The van der Waals surface area contributed by atoms with Gasteiger partial charge in [-0.3, -0.25) is 0 Å². The molecule has 1 saturated heterocycles. The van der Waals surface area contributed by atoms with Crippen molar-refractivity contribution in [2.24, 2.45) is 0 Å². The second-order valence-corrected chi connectivity index (χ2v) is 6.58. The van der Waals surface area contributed by atoms with Crippen LogP contribution in [0.5, 0.6) is 0 Å². The number of halogens is 1. The molecule has 4 heteroatoms. The van der Waals surface area contributed by atoms with Crippen LogP contribution in [0.1, 0.15) is 31.7 Å². The average molecular weight is 306 g/mol. The zero-order valence-electron chi connectivity index (χ0n) is 12.7. The first-order valence-corrected chi connectivity index (χ1v) is 8.31. The van der Waals surface area contributed by atoms with Gasteiger partial charge in [0.05, 0.1) is 0 Å². The SMILES string of the molecule is CC(CN1CCCCC1)NCc1c[nH]c2cc(Cl)ccc12. The molecule has 1 fully saturated rings. The van der Waals surface area contributed by atoms with Crippen LogP contribution < -0.4 is 5.32 Å². The number of hydrogen-bond acceptors (Lipinski definition) is 2. The van der Waals surface area contributed by atoms with Crippen molar-refractivity contribution >= 4 is 22.5 Å². The van der Waals surface area contributed by atoms with E-state index >= 15 is 0 Å². The van der Waals surface area contributed by atoms with Crippen molar-refractivity contribution in [1.29, 1.82) is 0 Å². The number of nitrogens with zero attached hydrogens (tertiary/aromatic N) is 1. The summed E-state index contributed by atoms with van der Waals surface area (Å²) in [5, 5.41) is 5.69. The number of aromatic amines is 1. The molecule has 0 aliphatic carbocycles. The molecule has 1 aromatic carbocycles. The van der Waals surface area contributed by atoms with Crippen molar-refractivity contribution in [2.75, 3.05) is 19.6 Å². The molecule has 21 heavy (non-hydrogen) atoms. The summed E-state index contributed by atoms with van der Waals surface area (Å²) in [7, 11) is 0. The van der Waals surface area contributed by atoms with Crippen LogP contribution in [0.25, 0.3) is 10.9 Å². The number of H-pyrrole nitrogens is 1. The highest BCUT2D eigenvalue weighted by Crippen LogP contribution is 2.22. The second kappa shape index (κ2) is 6.82. The molecule has 2 N–H and O–H groups in total. The lowest BCUT2D eigenvalue weighted by atomic mass is 10.1. The van der Waals surface area contributed by atoms with Gasteiger partial charge in [0.15, 0.2) is 0 Å². The molecule has 3 nitrogen and oxygen atoms in total. The number of piperidine rings is 1. The van der Waals surface area contributed by atoms with E-state index in [1.165, 1.54) is 43.3 Å². The summed E-state index contributed by atoms with van der Waals surface area (Å²) in [6, 6.07) is 6.55. The number of likely N-dealkylation sites (tertiary alicyclic amines) is 1. The molecule has 1 aromatic heterocycles. The van der Waals surface area contributed by atoms with Gasteiger partial charge in [0.25, 0.3) is 0 Å².